The standard InChI is InChI=1S/C38H24N2S.C21H15N.C18H11BrS/c1-3-11-25(12-4-1)28-16-9-17-31-32-18-10-20-34(38(32)41-37(28)31)39-24-23-26-21-22-30-29-15-7-8-19-33(29)40(36(30)35(26)39)27-13-5-2-6-14-27;1-2-8-16(9-3-1)22-20-12-5-4-10-18(20)19-14-13-15-7-6-11-17(15)21(19)22;19-16-11-5-10-15-14-9-4-8-13(17(14)20-18(15)16)12-6-2-1-3-7-12/h1-24H;1-10,12-14H,11H2;1-11H. The van der Waals surface area contributed by atoms with Gasteiger partial charge in [-0.05, 0) is 110 Å². The van der Waals surface area contributed by atoms with Crippen LogP contribution in [0, 0.1) is 0 Å². The Labute approximate surface area is 496 Å². The predicted molar refractivity (Wildman–Crippen MR) is 362 cm³/mol. The van der Waals surface area contributed by atoms with E-state index in [4.69, 9.17) is 0 Å². The number of thiophene rings is 2. The summed E-state index contributed by atoms with van der Waals surface area (Å²) in [5.41, 5.74) is 17.9. The Morgan fingerprint density at radius 1 is 0.337 bits per heavy atom. The van der Waals surface area contributed by atoms with Crippen molar-refractivity contribution in [1.82, 2.24) is 13.7 Å². The van der Waals surface area contributed by atoms with Gasteiger partial charge in [-0.3, -0.25) is 0 Å². The van der Waals surface area contributed by atoms with Gasteiger partial charge in [0.1, 0.15) is 0 Å². The molecule has 0 bridgehead atoms. The van der Waals surface area contributed by atoms with Gasteiger partial charge in [0.2, 0.25) is 0 Å². The van der Waals surface area contributed by atoms with E-state index in [9.17, 15) is 0 Å². The van der Waals surface area contributed by atoms with Crippen LogP contribution in [0.4, 0.5) is 0 Å². The lowest BCUT2D eigenvalue weighted by Crippen LogP contribution is -1.97. The third-order valence-electron chi connectivity index (χ3n) is 16.5. The summed E-state index contributed by atoms with van der Waals surface area (Å²) in [7, 11) is 0. The number of fused-ring (bicyclic) bond motifs is 16. The average Bonchev–Trinajstić information content (AvgIpc) is 4.52. The molecular weight excluding hydrogens is 1110 g/mol. The highest BCUT2D eigenvalue weighted by atomic mass is 79.9. The molecule has 0 fully saturated rings. The number of aromatic nitrogens is 3. The topological polar surface area (TPSA) is 14.8 Å². The van der Waals surface area contributed by atoms with Crippen molar-refractivity contribution in [3.8, 4) is 39.3 Å². The minimum absolute atomic E-state index is 1.02. The van der Waals surface area contributed by atoms with Gasteiger partial charge in [-0.25, -0.2) is 0 Å². The van der Waals surface area contributed by atoms with E-state index in [1.165, 1.54) is 150 Å². The molecule has 0 saturated carbocycles. The van der Waals surface area contributed by atoms with Crippen molar-refractivity contribution in [3.63, 3.8) is 0 Å². The van der Waals surface area contributed by atoms with Gasteiger partial charge in [0.05, 0.1) is 38.0 Å². The maximum absolute atomic E-state index is 3.67. The highest BCUT2D eigenvalue weighted by Gasteiger charge is 2.22. The number of allylic oxidation sites excluding steroid dienone is 1. The van der Waals surface area contributed by atoms with Crippen LogP contribution in [0.25, 0.3) is 140 Å². The summed E-state index contributed by atoms with van der Waals surface area (Å²) in [4.78, 5) is 0. The zero-order valence-electron chi connectivity index (χ0n) is 45.0. The van der Waals surface area contributed by atoms with Crippen LogP contribution in [0.3, 0.4) is 0 Å². The number of nitrogens with zero attached hydrogens (tertiary/aromatic N) is 3. The van der Waals surface area contributed by atoms with Crippen LogP contribution in [0.2, 0.25) is 0 Å². The summed E-state index contributed by atoms with van der Waals surface area (Å²) >= 11 is 7.43. The summed E-state index contributed by atoms with van der Waals surface area (Å²) in [6.45, 7) is 0. The Kier molecular flexibility index (Phi) is 12.1. The summed E-state index contributed by atoms with van der Waals surface area (Å²) in [6, 6.07) is 98.0. The average molecular weight is 1160 g/mol. The molecule has 0 radical (unpaired) electrons. The molecule has 6 heteroatoms. The third kappa shape index (κ3) is 8.19. The Morgan fingerprint density at radius 3 is 1.42 bits per heavy atom. The number of benzene rings is 12. The molecule has 0 saturated heterocycles. The molecule has 17 aromatic rings. The van der Waals surface area contributed by atoms with Gasteiger partial charge < -0.3 is 13.7 Å². The molecular formula is C77H50BrN3S2. The highest BCUT2D eigenvalue weighted by Crippen LogP contribution is 2.46. The number of hydrogen-bond donors (Lipinski definition) is 0. The molecule has 1 aliphatic rings. The molecule has 18 rings (SSSR count). The second-order valence-electron chi connectivity index (χ2n) is 21.2. The number of halogens is 1. The maximum Gasteiger partial charge on any atom is 0.0788 e. The fraction of sp³-hybridized carbons (Fsp3) is 0.0130. The van der Waals surface area contributed by atoms with Crippen molar-refractivity contribution >= 4 is 140 Å². The van der Waals surface area contributed by atoms with E-state index in [1.54, 1.807) is 0 Å². The number of para-hydroxylation sites is 4. The molecule has 1 aliphatic carbocycles. The first kappa shape index (κ1) is 49.3. The molecule has 392 valence electrons. The summed E-state index contributed by atoms with van der Waals surface area (Å²) in [5.74, 6) is 0. The fourth-order valence-electron chi connectivity index (χ4n) is 12.9. The molecule has 0 amide bonds. The molecule has 12 aromatic carbocycles. The Morgan fingerprint density at radius 2 is 0.807 bits per heavy atom. The second kappa shape index (κ2) is 20.5. The van der Waals surface area contributed by atoms with E-state index in [2.05, 4.69) is 321 Å². The van der Waals surface area contributed by atoms with Crippen molar-refractivity contribution in [2.75, 3.05) is 0 Å². The van der Waals surface area contributed by atoms with E-state index in [1.807, 2.05) is 22.7 Å². The summed E-state index contributed by atoms with van der Waals surface area (Å²) < 4.78 is 13.8. The minimum Gasteiger partial charge on any atom is -0.313 e. The summed E-state index contributed by atoms with van der Waals surface area (Å²) in [6.07, 6.45) is 7.77. The van der Waals surface area contributed by atoms with Gasteiger partial charge in [-0.1, -0.05) is 231 Å². The SMILES string of the molecule is Brc1cccc2c1sc1c(-c3ccccc3)cccc12.C1=Cc2ccc3c4ccccc4n(-c4ccccc4)c3c2C1.c1ccc(-c2cccc3c2sc2c(-n4ccc5ccc6c7ccccc7n(-c7ccccc7)c6c54)cccc23)cc1. The van der Waals surface area contributed by atoms with Gasteiger partial charge in [0.15, 0.2) is 0 Å². The van der Waals surface area contributed by atoms with Gasteiger partial charge in [-0.15, -0.1) is 22.7 Å². The highest BCUT2D eigenvalue weighted by molar-refractivity contribution is 9.10. The second-order valence-corrected chi connectivity index (χ2v) is 24.1. The molecule has 5 aromatic heterocycles. The molecule has 0 N–H and O–H groups in total. The smallest absolute Gasteiger partial charge is 0.0788 e. The van der Waals surface area contributed by atoms with Crippen molar-refractivity contribution in [2.24, 2.45) is 0 Å². The van der Waals surface area contributed by atoms with E-state index in [0.717, 1.165) is 6.42 Å². The van der Waals surface area contributed by atoms with Gasteiger partial charge in [0, 0.05) is 84.6 Å². The molecule has 0 aliphatic heterocycles. The van der Waals surface area contributed by atoms with Crippen molar-refractivity contribution < 1.29 is 0 Å². The molecule has 0 unspecified atom stereocenters. The van der Waals surface area contributed by atoms with Crippen molar-refractivity contribution in [1.29, 1.82) is 0 Å². The zero-order valence-corrected chi connectivity index (χ0v) is 48.2. The van der Waals surface area contributed by atoms with Crippen LogP contribution in [0.15, 0.2) is 290 Å². The first-order valence-corrected chi connectivity index (χ1v) is 30.6. The molecule has 5 heterocycles. The van der Waals surface area contributed by atoms with E-state index >= 15 is 0 Å². The van der Waals surface area contributed by atoms with E-state index in [0.29, 0.717) is 0 Å². The van der Waals surface area contributed by atoms with Gasteiger partial charge in [-0.2, -0.15) is 0 Å². The quantitative estimate of drug-likeness (QED) is 0.163. The Balaban J connectivity index is 0.000000113. The molecule has 0 atom stereocenters. The molecule has 3 nitrogen and oxygen atoms in total. The zero-order chi connectivity index (χ0) is 55.0. The first-order valence-electron chi connectivity index (χ1n) is 28.2. The third-order valence-corrected chi connectivity index (χ3v) is 20.0. The maximum atomic E-state index is 3.67. The van der Waals surface area contributed by atoms with Gasteiger partial charge in [0.25, 0.3) is 0 Å². The van der Waals surface area contributed by atoms with Crippen molar-refractivity contribution in [3.05, 3.63) is 301 Å². The monoisotopic (exact) mass is 1160 g/mol. The van der Waals surface area contributed by atoms with E-state index < -0.39 is 0 Å². The molecule has 0 spiro atoms. The van der Waals surface area contributed by atoms with Crippen LogP contribution >= 0.6 is 38.6 Å². The normalized spacial score (nSPS) is 12.1. The van der Waals surface area contributed by atoms with Crippen LogP contribution in [0.5, 0.6) is 0 Å². The fourth-order valence-corrected chi connectivity index (χ4v) is 16.0. The lowest BCUT2D eigenvalue weighted by molar-refractivity contribution is 1.13. The van der Waals surface area contributed by atoms with Crippen LogP contribution in [-0.4, -0.2) is 13.7 Å². The largest absolute Gasteiger partial charge is 0.313 e. The number of hydrogen-bond acceptors (Lipinski definition) is 2. The van der Waals surface area contributed by atoms with Gasteiger partial charge >= 0.3 is 0 Å². The molecule has 83 heavy (non-hydrogen) atoms. The Bertz CT molecular complexity index is 5350. The first-order chi connectivity index (χ1) is 41.1. The predicted octanol–water partition coefficient (Wildman–Crippen LogP) is 22.6. The minimum atomic E-state index is 1.02. The van der Waals surface area contributed by atoms with Crippen LogP contribution in [0.1, 0.15) is 11.1 Å². The lowest BCUT2D eigenvalue weighted by atomic mass is 10.0. The van der Waals surface area contributed by atoms with E-state index in [-0.39, 0.29) is 0 Å². The lowest BCUT2D eigenvalue weighted by Gasteiger charge is -2.12. The number of rotatable bonds is 5. The summed E-state index contributed by atoms with van der Waals surface area (Å²) in [5, 5.41) is 11.7. The Hall–Kier alpha value is -9.56. The van der Waals surface area contributed by atoms with Crippen LogP contribution < -0.4 is 0 Å². The van der Waals surface area contributed by atoms with Crippen LogP contribution in [-0.2, 0) is 6.42 Å². The van der Waals surface area contributed by atoms with Crippen molar-refractivity contribution in [2.45, 2.75) is 6.42 Å².